The Hall–Kier alpha value is -3.94. The molecule has 0 atom stereocenters. The third-order valence-corrected chi connectivity index (χ3v) is 3.40. The van der Waals surface area contributed by atoms with Crippen LogP contribution in [0.15, 0.2) is 60.9 Å². The van der Waals surface area contributed by atoms with Gasteiger partial charge < -0.3 is 20.4 Å². The molecule has 1 heterocycles. The highest BCUT2D eigenvalue weighted by Crippen LogP contribution is 2.15. The Labute approximate surface area is 161 Å². The molecule has 3 rings (SSSR count). The van der Waals surface area contributed by atoms with Crippen LogP contribution in [0.1, 0.15) is 32.1 Å². The quantitative estimate of drug-likeness (QED) is 0.527. The lowest BCUT2D eigenvalue weighted by atomic mass is 10.2. The van der Waals surface area contributed by atoms with Crippen molar-refractivity contribution in [3.63, 3.8) is 0 Å². The predicted molar refractivity (Wildman–Crippen MR) is 102 cm³/mol. The molecule has 0 saturated heterocycles. The standard InChI is InChI=1S/2C7H6O3.C6H8N2/c2*8-6-4-2-1-3-5(6)7(9)10;1-5-6(2)8-4-3-7-5/h2*1-4,8H,(H,9,10);3-4H,1-2H3. The fourth-order valence-electron chi connectivity index (χ4n) is 1.79. The molecule has 28 heavy (non-hydrogen) atoms. The van der Waals surface area contributed by atoms with Gasteiger partial charge in [-0.3, -0.25) is 9.97 Å². The molecular weight excluding hydrogens is 364 g/mol. The lowest BCUT2D eigenvalue weighted by molar-refractivity contribution is 0.0682. The number of aromatic nitrogens is 2. The highest BCUT2D eigenvalue weighted by molar-refractivity contribution is 5.91. The maximum absolute atomic E-state index is 10.3. The van der Waals surface area contributed by atoms with Gasteiger partial charge in [0.1, 0.15) is 22.6 Å². The van der Waals surface area contributed by atoms with Crippen LogP contribution in [0.25, 0.3) is 0 Å². The Balaban J connectivity index is 0.000000212. The fourth-order valence-corrected chi connectivity index (χ4v) is 1.79. The summed E-state index contributed by atoms with van der Waals surface area (Å²) in [6.45, 7) is 3.89. The largest absolute Gasteiger partial charge is 0.507 e. The van der Waals surface area contributed by atoms with Crippen LogP contribution in [0.2, 0.25) is 0 Å². The lowest BCUT2D eigenvalue weighted by Crippen LogP contribution is -1.95. The summed E-state index contributed by atoms with van der Waals surface area (Å²) in [5.74, 6) is -2.62. The predicted octanol–water partition coefficient (Wildman–Crippen LogP) is 3.27. The first-order valence-electron chi connectivity index (χ1n) is 8.00. The van der Waals surface area contributed by atoms with Gasteiger partial charge in [0, 0.05) is 12.4 Å². The minimum absolute atomic E-state index is 0.0671. The van der Waals surface area contributed by atoms with Crippen LogP contribution in [-0.2, 0) is 0 Å². The normalized spacial score (nSPS) is 9.21. The summed E-state index contributed by atoms with van der Waals surface area (Å²) in [7, 11) is 0. The zero-order valence-electron chi connectivity index (χ0n) is 15.3. The van der Waals surface area contributed by atoms with Crippen molar-refractivity contribution in [1.29, 1.82) is 0 Å². The second-order valence-electron chi connectivity index (χ2n) is 5.37. The van der Waals surface area contributed by atoms with Crippen molar-refractivity contribution in [3.8, 4) is 11.5 Å². The van der Waals surface area contributed by atoms with E-state index in [1.54, 1.807) is 36.7 Å². The molecule has 0 radical (unpaired) electrons. The number of hydrogen-bond acceptors (Lipinski definition) is 6. The molecule has 4 N–H and O–H groups in total. The topological polar surface area (TPSA) is 141 Å². The Kier molecular flexibility index (Phi) is 8.62. The highest BCUT2D eigenvalue weighted by atomic mass is 16.4. The molecule has 3 aromatic rings. The van der Waals surface area contributed by atoms with Crippen molar-refractivity contribution in [2.45, 2.75) is 13.8 Å². The van der Waals surface area contributed by atoms with Gasteiger partial charge in [-0.15, -0.1) is 0 Å². The molecule has 1 aromatic heterocycles. The monoisotopic (exact) mass is 384 g/mol. The van der Waals surface area contributed by atoms with Crippen LogP contribution >= 0.6 is 0 Å². The molecule has 8 nitrogen and oxygen atoms in total. The van der Waals surface area contributed by atoms with E-state index in [-0.39, 0.29) is 22.6 Å². The van der Waals surface area contributed by atoms with Crippen molar-refractivity contribution in [2.75, 3.05) is 0 Å². The van der Waals surface area contributed by atoms with Gasteiger partial charge in [0.25, 0.3) is 0 Å². The Morgan fingerprint density at radius 3 is 1.21 bits per heavy atom. The van der Waals surface area contributed by atoms with Gasteiger partial charge in [0.05, 0.1) is 11.4 Å². The van der Waals surface area contributed by atoms with Gasteiger partial charge in [-0.05, 0) is 38.1 Å². The average Bonchev–Trinajstić information content (AvgIpc) is 2.65. The highest BCUT2D eigenvalue weighted by Gasteiger charge is 2.06. The third kappa shape index (κ3) is 7.12. The Morgan fingerprint density at radius 2 is 1.00 bits per heavy atom. The number of rotatable bonds is 2. The first-order valence-corrected chi connectivity index (χ1v) is 8.00. The molecule has 0 fully saturated rings. The SMILES string of the molecule is Cc1nccnc1C.O=C(O)c1ccccc1O.O=C(O)c1ccccc1O. The van der Waals surface area contributed by atoms with Crippen molar-refractivity contribution >= 4 is 11.9 Å². The molecule has 0 amide bonds. The van der Waals surface area contributed by atoms with Crippen molar-refractivity contribution < 1.29 is 30.0 Å². The maximum Gasteiger partial charge on any atom is 0.339 e. The van der Waals surface area contributed by atoms with E-state index in [2.05, 4.69) is 9.97 Å². The molecular formula is C20H20N2O6. The molecule has 0 aliphatic heterocycles. The third-order valence-electron chi connectivity index (χ3n) is 3.40. The van der Waals surface area contributed by atoms with E-state index in [0.29, 0.717) is 0 Å². The summed E-state index contributed by atoms with van der Waals surface area (Å²) in [5.41, 5.74) is 1.88. The minimum Gasteiger partial charge on any atom is -0.507 e. The maximum atomic E-state index is 10.3. The minimum atomic E-state index is -1.11. The zero-order chi connectivity index (χ0) is 21.1. The van der Waals surface area contributed by atoms with E-state index in [9.17, 15) is 9.59 Å². The number of hydrogen-bond donors (Lipinski definition) is 4. The number of carboxylic acids is 2. The number of aromatic carboxylic acids is 2. The van der Waals surface area contributed by atoms with E-state index in [0.717, 1.165) is 11.4 Å². The number of aryl methyl sites for hydroxylation is 2. The Bertz CT molecular complexity index is 867. The molecule has 0 aliphatic rings. The first-order chi connectivity index (χ1) is 13.2. The van der Waals surface area contributed by atoms with Crippen LogP contribution < -0.4 is 0 Å². The van der Waals surface area contributed by atoms with Gasteiger partial charge in [-0.1, -0.05) is 24.3 Å². The number of aromatic hydroxyl groups is 2. The lowest BCUT2D eigenvalue weighted by Gasteiger charge is -1.95. The summed E-state index contributed by atoms with van der Waals surface area (Å²) >= 11 is 0. The van der Waals surface area contributed by atoms with Crippen LogP contribution in [-0.4, -0.2) is 42.3 Å². The molecule has 146 valence electrons. The van der Waals surface area contributed by atoms with Gasteiger partial charge in [0.2, 0.25) is 0 Å². The number of carbonyl (C=O) groups is 2. The average molecular weight is 384 g/mol. The van der Waals surface area contributed by atoms with Crippen LogP contribution in [0, 0.1) is 13.8 Å². The molecule has 8 heteroatoms. The molecule has 0 aliphatic carbocycles. The van der Waals surface area contributed by atoms with Gasteiger partial charge >= 0.3 is 11.9 Å². The summed E-state index contributed by atoms with van der Waals surface area (Å²) < 4.78 is 0. The van der Waals surface area contributed by atoms with Gasteiger partial charge in [-0.25, -0.2) is 9.59 Å². The van der Waals surface area contributed by atoms with Crippen LogP contribution in [0.4, 0.5) is 0 Å². The van der Waals surface area contributed by atoms with Crippen molar-refractivity contribution in [2.24, 2.45) is 0 Å². The summed E-state index contributed by atoms with van der Waals surface area (Å²) in [5, 5.41) is 34.6. The van der Waals surface area contributed by atoms with E-state index in [4.69, 9.17) is 20.4 Å². The second-order valence-corrected chi connectivity index (χ2v) is 5.37. The van der Waals surface area contributed by atoms with Gasteiger partial charge in [-0.2, -0.15) is 0 Å². The number of para-hydroxylation sites is 2. The molecule has 0 spiro atoms. The number of nitrogens with zero attached hydrogens (tertiary/aromatic N) is 2. The van der Waals surface area contributed by atoms with Crippen LogP contribution in [0.5, 0.6) is 11.5 Å². The number of benzene rings is 2. The Morgan fingerprint density at radius 1 is 0.679 bits per heavy atom. The smallest absolute Gasteiger partial charge is 0.339 e. The van der Waals surface area contributed by atoms with Crippen molar-refractivity contribution in [3.05, 3.63) is 83.4 Å². The molecule has 2 aromatic carbocycles. The molecule has 0 bridgehead atoms. The summed E-state index contributed by atoms with van der Waals surface area (Å²) in [6.07, 6.45) is 3.39. The zero-order valence-corrected chi connectivity index (χ0v) is 15.3. The van der Waals surface area contributed by atoms with E-state index < -0.39 is 11.9 Å². The van der Waals surface area contributed by atoms with Crippen LogP contribution in [0.3, 0.4) is 0 Å². The van der Waals surface area contributed by atoms with Gasteiger partial charge in [0.15, 0.2) is 0 Å². The number of carboxylic acid groups (broad SMARTS) is 2. The van der Waals surface area contributed by atoms with E-state index in [1.165, 1.54) is 24.3 Å². The van der Waals surface area contributed by atoms with Crippen molar-refractivity contribution in [1.82, 2.24) is 9.97 Å². The second kappa shape index (κ2) is 10.9. The summed E-state index contributed by atoms with van der Waals surface area (Å²) in [6, 6.07) is 11.6. The molecule has 0 unspecified atom stereocenters. The van der Waals surface area contributed by atoms with E-state index >= 15 is 0 Å². The summed E-state index contributed by atoms with van der Waals surface area (Å²) in [4.78, 5) is 28.6. The molecule has 0 saturated carbocycles. The first kappa shape index (κ1) is 22.1. The fraction of sp³-hybridized carbons (Fsp3) is 0.100. The van der Waals surface area contributed by atoms with E-state index in [1.807, 2.05) is 13.8 Å². The number of phenols is 2.